The van der Waals surface area contributed by atoms with Gasteiger partial charge in [-0.05, 0) is 29.8 Å². The van der Waals surface area contributed by atoms with Crippen LogP contribution in [0.1, 0.15) is 0 Å². The van der Waals surface area contributed by atoms with Gasteiger partial charge in [-0.2, -0.15) is 0 Å². The number of alkyl halides is 3. The molecule has 2 aromatic carbocycles. The third kappa shape index (κ3) is 3.23. The van der Waals surface area contributed by atoms with E-state index >= 15 is 0 Å². The highest BCUT2D eigenvalue weighted by Crippen LogP contribution is 2.30. The van der Waals surface area contributed by atoms with Gasteiger partial charge in [0.1, 0.15) is 11.6 Å². The summed E-state index contributed by atoms with van der Waals surface area (Å²) in [6, 6.07) is 5.05. The van der Waals surface area contributed by atoms with Crippen LogP contribution in [0.2, 0.25) is 0 Å². The van der Waals surface area contributed by atoms with E-state index in [2.05, 4.69) is 4.74 Å². The Morgan fingerprint density at radius 3 is 2.05 bits per heavy atom. The predicted octanol–water partition coefficient (Wildman–Crippen LogP) is 4.67. The Morgan fingerprint density at radius 1 is 0.800 bits per heavy atom. The van der Waals surface area contributed by atoms with E-state index in [9.17, 15) is 26.3 Å². The van der Waals surface area contributed by atoms with Crippen LogP contribution in [0.5, 0.6) is 5.75 Å². The number of rotatable bonds is 2. The van der Waals surface area contributed by atoms with Gasteiger partial charge in [0, 0.05) is 11.6 Å². The minimum atomic E-state index is -5.02. The number of ether oxygens (including phenoxy) is 1. The maximum atomic E-state index is 13.5. The Morgan fingerprint density at radius 2 is 1.50 bits per heavy atom. The average Bonchev–Trinajstić information content (AvgIpc) is 2.30. The van der Waals surface area contributed by atoms with E-state index in [0.29, 0.717) is 12.1 Å². The molecule has 0 amide bonds. The molecule has 0 aliphatic heterocycles. The molecule has 0 fully saturated rings. The first-order valence-electron chi connectivity index (χ1n) is 5.27. The van der Waals surface area contributed by atoms with Crippen molar-refractivity contribution in [2.45, 2.75) is 6.36 Å². The summed E-state index contributed by atoms with van der Waals surface area (Å²) >= 11 is 0. The molecule has 0 radical (unpaired) electrons. The van der Waals surface area contributed by atoms with Gasteiger partial charge in [0.05, 0.1) is 0 Å². The Bertz CT molecular complexity index is 635. The quantitative estimate of drug-likeness (QED) is 0.731. The van der Waals surface area contributed by atoms with E-state index in [1.807, 2.05) is 0 Å². The molecule has 20 heavy (non-hydrogen) atoms. The normalized spacial score (nSPS) is 11.5. The number of halogens is 6. The molecular weight excluding hydrogens is 286 g/mol. The summed E-state index contributed by atoms with van der Waals surface area (Å²) in [6.07, 6.45) is -5.02. The number of benzene rings is 2. The SMILES string of the molecule is Fc1ccc(-c2ccc(OC(F)(F)F)c(F)c2)c(F)c1. The standard InChI is InChI=1S/C13H6F6O/c14-8-2-3-9(10(15)6-8)7-1-4-12(11(16)5-7)20-13(17,18)19/h1-6H. The monoisotopic (exact) mass is 292 g/mol. The van der Waals surface area contributed by atoms with Gasteiger partial charge in [0.2, 0.25) is 0 Å². The highest BCUT2D eigenvalue weighted by molar-refractivity contribution is 5.65. The summed E-state index contributed by atoms with van der Waals surface area (Å²) in [4.78, 5) is 0. The summed E-state index contributed by atoms with van der Waals surface area (Å²) in [5.74, 6) is -4.09. The van der Waals surface area contributed by atoms with Crippen LogP contribution in [0.4, 0.5) is 26.3 Å². The van der Waals surface area contributed by atoms with Crippen LogP contribution < -0.4 is 4.74 Å². The van der Waals surface area contributed by atoms with Gasteiger partial charge in [-0.3, -0.25) is 0 Å². The van der Waals surface area contributed by atoms with Gasteiger partial charge in [0.15, 0.2) is 11.6 Å². The van der Waals surface area contributed by atoms with Crippen LogP contribution in [0, 0.1) is 17.5 Å². The maximum absolute atomic E-state index is 13.5. The van der Waals surface area contributed by atoms with Gasteiger partial charge in [-0.25, -0.2) is 13.2 Å². The molecule has 2 aromatic rings. The van der Waals surface area contributed by atoms with Crippen molar-refractivity contribution in [3.8, 4) is 16.9 Å². The van der Waals surface area contributed by atoms with E-state index in [0.717, 1.165) is 24.3 Å². The smallest absolute Gasteiger partial charge is 0.403 e. The van der Waals surface area contributed by atoms with Crippen LogP contribution in [0.25, 0.3) is 11.1 Å². The summed E-state index contributed by atoms with van der Waals surface area (Å²) in [7, 11) is 0. The number of hydrogen-bond donors (Lipinski definition) is 0. The van der Waals surface area contributed by atoms with Crippen LogP contribution in [-0.2, 0) is 0 Å². The van der Waals surface area contributed by atoms with Crippen molar-refractivity contribution < 1.29 is 31.1 Å². The van der Waals surface area contributed by atoms with Crippen LogP contribution in [0.3, 0.4) is 0 Å². The molecule has 0 unspecified atom stereocenters. The molecular formula is C13H6F6O. The van der Waals surface area contributed by atoms with Crippen LogP contribution in [0.15, 0.2) is 36.4 Å². The Kier molecular flexibility index (Phi) is 3.61. The zero-order valence-corrected chi connectivity index (χ0v) is 9.64. The second-order valence-corrected chi connectivity index (χ2v) is 3.82. The first-order valence-corrected chi connectivity index (χ1v) is 5.27. The molecule has 0 aliphatic rings. The van der Waals surface area contributed by atoms with E-state index in [4.69, 9.17) is 0 Å². The lowest BCUT2D eigenvalue weighted by Crippen LogP contribution is -2.17. The van der Waals surface area contributed by atoms with Gasteiger partial charge in [0.25, 0.3) is 0 Å². The van der Waals surface area contributed by atoms with Gasteiger partial charge >= 0.3 is 6.36 Å². The van der Waals surface area contributed by atoms with Crippen molar-refractivity contribution in [3.05, 3.63) is 53.8 Å². The summed E-state index contributed by atoms with van der Waals surface area (Å²) < 4.78 is 79.0. The summed E-state index contributed by atoms with van der Waals surface area (Å²) in [5.41, 5.74) is -0.168. The first-order chi connectivity index (χ1) is 9.26. The van der Waals surface area contributed by atoms with Gasteiger partial charge in [-0.15, -0.1) is 13.2 Å². The molecule has 0 atom stereocenters. The molecule has 0 saturated carbocycles. The molecule has 1 nitrogen and oxygen atoms in total. The van der Waals surface area contributed by atoms with Crippen molar-refractivity contribution >= 4 is 0 Å². The van der Waals surface area contributed by atoms with Crippen molar-refractivity contribution in [2.75, 3.05) is 0 Å². The lowest BCUT2D eigenvalue weighted by molar-refractivity contribution is -0.275. The third-order valence-electron chi connectivity index (χ3n) is 2.40. The molecule has 0 saturated heterocycles. The van der Waals surface area contributed by atoms with Gasteiger partial charge in [-0.1, -0.05) is 6.07 Å². The first kappa shape index (κ1) is 14.2. The maximum Gasteiger partial charge on any atom is 0.573 e. The molecule has 0 heterocycles. The molecule has 0 aliphatic carbocycles. The van der Waals surface area contributed by atoms with Crippen LogP contribution in [-0.4, -0.2) is 6.36 Å². The fraction of sp³-hybridized carbons (Fsp3) is 0.0769. The lowest BCUT2D eigenvalue weighted by Gasteiger charge is -2.11. The van der Waals surface area contributed by atoms with Crippen molar-refractivity contribution in [1.82, 2.24) is 0 Å². The van der Waals surface area contributed by atoms with Crippen molar-refractivity contribution in [2.24, 2.45) is 0 Å². The Labute approximate surface area is 109 Å². The second kappa shape index (κ2) is 5.07. The summed E-state index contributed by atoms with van der Waals surface area (Å²) in [5, 5.41) is 0. The Hall–Kier alpha value is -2.18. The van der Waals surface area contributed by atoms with Crippen molar-refractivity contribution in [1.29, 1.82) is 0 Å². The summed E-state index contributed by atoms with van der Waals surface area (Å²) in [6.45, 7) is 0. The fourth-order valence-electron chi connectivity index (χ4n) is 1.60. The molecule has 0 aromatic heterocycles. The molecule has 0 bridgehead atoms. The lowest BCUT2D eigenvalue weighted by atomic mass is 10.0. The third-order valence-corrected chi connectivity index (χ3v) is 2.40. The highest BCUT2D eigenvalue weighted by Gasteiger charge is 2.32. The van der Waals surface area contributed by atoms with Crippen molar-refractivity contribution in [3.63, 3.8) is 0 Å². The van der Waals surface area contributed by atoms with E-state index < -0.39 is 29.6 Å². The predicted molar refractivity (Wildman–Crippen MR) is 58.4 cm³/mol. The van der Waals surface area contributed by atoms with E-state index in [-0.39, 0.29) is 11.1 Å². The second-order valence-electron chi connectivity index (χ2n) is 3.82. The topological polar surface area (TPSA) is 9.23 Å². The minimum absolute atomic E-state index is 0.0328. The fourth-order valence-corrected chi connectivity index (χ4v) is 1.60. The molecule has 7 heteroatoms. The zero-order chi connectivity index (χ0) is 14.9. The minimum Gasteiger partial charge on any atom is -0.403 e. The number of hydrogen-bond acceptors (Lipinski definition) is 1. The average molecular weight is 292 g/mol. The molecule has 0 spiro atoms. The highest BCUT2D eigenvalue weighted by atomic mass is 19.4. The largest absolute Gasteiger partial charge is 0.573 e. The Balaban J connectivity index is 2.38. The molecule has 0 N–H and O–H groups in total. The molecule has 106 valence electrons. The van der Waals surface area contributed by atoms with E-state index in [1.54, 1.807) is 0 Å². The molecule has 2 rings (SSSR count). The van der Waals surface area contributed by atoms with Gasteiger partial charge < -0.3 is 4.74 Å². The van der Waals surface area contributed by atoms with Crippen LogP contribution >= 0.6 is 0 Å². The zero-order valence-electron chi connectivity index (χ0n) is 9.64. The van der Waals surface area contributed by atoms with E-state index in [1.165, 1.54) is 0 Å².